The zero-order valence-corrected chi connectivity index (χ0v) is 16.7. The fraction of sp³-hybridized carbons (Fsp3) is 0. The van der Waals surface area contributed by atoms with E-state index in [0.29, 0.717) is 0 Å². The van der Waals surface area contributed by atoms with Crippen LogP contribution in [0.15, 0.2) is 82.6 Å². The minimum atomic E-state index is -4.28. The Balaban J connectivity index is 1.82. The van der Waals surface area contributed by atoms with Crippen molar-refractivity contribution in [1.82, 2.24) is 0 Å². The summed E-state index contributed by atoms with van der Waals surface area (Å²) in [5.41, 5.74) is -0.431. The van der Waals surface area contributed by atoms with E-state index in [9.17, 15) is 31.3 Å². The maximum Gasteiger partial charge on any atom is 0.289 e. The molecule has 0 aliphatic rings. The van der Waals surface area contributed by atoms with Crippen LogP contribution >= 0.6 is 0 Å². The Morgan fingerprint density at radius 2 is 1.23 bits per heavy atom. The lowest BCUT2D eigenvalue weighted by atomic mass is 10.3. The van der Waals surface area contributed by atoms with Gasteiger partial charge < -0.3 is 0 Å². The van der Waals surface area contributed by atoms with E-state index in [2.05, 4.69) is 9.44 Å². The quantitative estimate of drug-likeness (QED) is 0.418. The molecule has 0 heterocycles. The molecule has 0 saturated heterocycles. The molecule has 0 aliphatic carbocycles. The van der Waals surface area contributed by atoms with Crippen LogP contribution in [-0.2, 0) is 20.0 Å². The number of hydrogen-bond acceptors (Lipinski definition) is 6. The molecule has 9 nitrogen and oxygen atoms in total. The summed E-state index contributed by atoms with van der Waals surface area (Å²) in [6.07, 6.45) is 0. The largest absolute Gasteiger partial charge is 0.289 e. The van der Waals surface area contributed by atoms with Gasteiger partial charge in [-0.25, -0.2) is 21.2 Å². The molecule has 0 saturated carbocycles. The van der Waals surface area contributed by atoms with E-state index in [4.69, 9.17) is 0 Å². The number of anilines is 2. The van der Waals surface area contributed by atoms with Crippen molar-refractivity contribution in [3.63, 3.8) is 0 Å². The third-order valence-corrected chi connectivity index (χ3v) is 6.69. The van der Waals surface area contributed by atoms with Gasteiger partial charge in [0.05, 0.1) is 9.82 Å². The number of nitrogens with one attached hydrogen (secondary N) is 2. The first-order valence-corrected chi connectivity index (χ1v) is 11.2. The zero-order chi connectivity index (χ0) is 21.9. The normalized spacial score (nSPS) is 11.6. The molecule has 0 amide bonds. The molecule has 0 unspecified atom stereocenters. The average molecular weight is 451 g/mol. The molecule has 3 aromatic carbocycles. The molecule has 0 bridgehead atoms. The molecule has 12 heteroatoms. The van der Waals surface area contributed by atoms with Gasteiger partial charge in [0.2, 0.25) is 0 Å². The van der Waals surface area contributed by atoms with E-state index in [1.54, 1.807) is 0 Å². The third-order valence-electron chi connectivity index (χ3n) is 3.86. The number of sulfonamides is 2. The fourth-order valence-electron chi connectivity index (χ4n) is 2.48. The minimum absolute atomic E-state index is 0.00823. The molecule has 0 aromatic heterocycles. The van der Waals surface area contributed by atoms with E-state index < -0.39 is 41.4 Å². The number of rotatable bonds is 7. The fourth-order valence-corrected chi connectivity index (χ4v) is 4.77. The second kappa shape index (κ2) is 8.08. The van der Waals surface area contributed by atoms with Crippen molar-refractivity contribution in [3.8, 4) is 0 Å². The van der Waals surface area contributed by atoms with Crippen LogP contribution < -0.4 is 9.44 Å². The van der Waals surface area contributed by atoms with E-state index in [0.717, 1.165) is 36.4 Å². The van der Waals surface area contributed by atoms with Gasteiger partial charge in [0.15, 0.2) is 4.90 Å². The Morgan fingerprint density at radius 3 is 1.80 bits per heavy atom. The van der Waals surface area contributed by atoms with Crippen molar-refractivity contribution in [3.05, 3.63) is 88.7 Å². The Bertz CT molecular complexity index is 1290. The molecule has 0 radical (unpaired) electrons. The van der Waals surface area contributed by atoms with Crippen molar-refractivity contribution in [2.24, 2.45) is 0 Å². The van der Waals surface area contributed by atoms with E-state index >= 15 is 0 Å². The van der Waals surface area contributed by atoms with Crippen LogP contribution in [0.4, 0.5) is 21.5 Å². The predicted octanol–water partition coefficient (Wildman–Crippen LogP) is 3.34. The van der Waals surface area contributed by atoms with E-state index in [1.807, 2.05) is 0 Å². The van der Waals surface area contributed by atoms with E-state index in [1.165, 1.54) is 36.4 Å². The molecular weight excluding hydrogens is 437 g/mol. The van der Waals surface area contributed by atoms with E-state index in [-0.39, 0.29) is 16.3 Å². The van der Waals surface area contributed by atoms with Gasteiger partial charge in [-0.1, -0.05) is 12.1 Å². The topological polar surface area (TPSA) is 135 Å². The van der Waals surface area contributed by atoms with Crippen LogP contribution in [-0.4, -0.2) is 21.8 Å². The van der Waals surface area contributed by atoms with Gasteiger partial charge in [0.25, 0.3) is 25.7 Å². The highest BCUT2D eigenvalue weighted by Gasteiger charge is 2.25. The molecule has 2 N–H and O–H groups in total. The van der Waals surface area contributed by atoms with Crippen LogP contribution in [0.5, 0.6) is 0 Å². The maximum absolute atomic E-state index is 12.9. The number of nitro benzene ring substituents is 1. The van der Waals surface area contributed by atoms with Crippen LogP contribution in [0.2, 0.25) is 0 Å². The third kappa shape index (κ3) is 4.72. The van der Waals surface area contributed by atoms with Gasteiger partial charge in [0, 0.05) is 17.4 Å². The summed E-state index contributed by atoms with van der Waals surface area (Å²) in [5, 5.41) is 11.1. The monoisotopic (exact) mass is 451 g/mol. The molecule has 0 spiro atoms. The van der Waals surface area contributed by atoms with Gasteiger partial charge in [-0.3, -0.25) is 19.6 Å². The van der Waals surface area contributed by atoms with Crippen molar-refractivity contribution in [2.75, 3.05) is 9.44 Å². The predicted molar refractivity (Wildman–Crippen MR) is 108 cm³/mol. The van der Waals surface area contributed by atoms with Gasteiger partial charge in [-0.2, -0.15) is 0 Å². The first-order valence-electron chi connectivity index (χ1n) is 8.23. The second-order valence-electron chi connectivity index (χ2n) is 5.97. The smallest absolute Gasteiger partial charge is 0.280 e. The summed E-state index contributed by atoms with van der Waals surface area (Å²) in [6, 6.07) is 14.2. The summed E-state index contributed by atoms with van der Waals surface area (Å²) >= 11 is 0. The molecule has 3 aromatic rings. The summed E-state index contributed by atoms with van der Waals surface area (Å²) in [6.45, 7) is 0. The molecule has 0 fully saturated rings. The Labute approximate surface area is 171 Å². The van der Waals surface area contributed by atoms with Crippen molar-refractivity contribution in [1.29, 1.82) is 0 Å². The highest BCUT2D eigenvalue weighted by molar-refractivity contribution is 7.93. The number of halogens is 1. The summed E-state index contributed by atoms with van der Waals surface area (Å²) in [7, 11) is -8.28. The van der Waals surface area contributed by atoms with Crippen molar-refractivity contribution >= 4 is 37.1 Å². The van der Waals surface area contributed by atoms with Crippen LogP contribution in [0.3, 0.4) is 0 Å². The van der Waals surface area contributed by atoms with Crippen LogP contribution in [0.1, 0.15) is 0 Å². The first-order chi connectivity index (χ1) is 14.1. The lowest BCUT2D eigenvalue weighted by Gasteiger charge is -2.11. The van der Waals surface area contributed by atoms with Crippen molar-refractivity contribution < 1.29 is 26.1 Å². The summed E-state index contributed by atoms with van der Waals surface area (Å²) in [5.74, 6) is -0.520. The van der Waals surface area contributed by atoms with Gasteiger partial charge >= 0.3 is 0 Å². The first kappa shape index (κ1) is 21.2. The SMILES string of the molecule is O=[N+]([O-])c1ccccc1S(=O)(=O)Nc1ccc(S(=O)(=O)Nc2ccc(F)cc2)cc1. The lowest BCUT2D eigenvalue weighted by molar-refractivity contribution is -0.387. The van der Waals surface area contributed by atoms with Gasteiger partial charge in [0.1, 0.15) is 5.82 Å². The molecule has 30 heavy (non-hydrogen) atoms. The van der Waals surface area contributed by atoms with Gasteiger partial charge in [-0.05, 0) is 54.6 Å². The highest BCUT2D eigenvalue weighted by atomic mass is 32.2. The minimum Gasteiger partial charge on any atom is -0.280 e. The summed E-state index contributed by atoms with van der Waals surface area (Å²) in [4.78, 5) is 9.56. The number of nitro groups is 1. The lowest BCUT2D eigenvalue weighted by Crippen LogP contribution is -2.15. The van der Waals surface area contributed by atoms with Crippen molar-refractivity contribution in [2.45, 2.75) is 9.79 Å². The Morgan fingerprint density at radius 1 is 0.733 bits per heavy atom. The highest BCUT2D eigenvalue weighted by Crippen LogP contribution is 2.26. The number of hydrogen-bond donors (Lipinski definition) is 2. The van der Waals surface area contributed by atoms with Crippen LogP contribution in [0, 0.1) is 15.9 Å². The zero-order valence-electron chi connectivity index (χ0n) is 15.0. The average Bonchev–Trinajstić information content (AvgIpc) is 2.70. The summed E-state index contributed by atoms with van der Waals surface area (Å²) < 4.78 is 67.2. The van der Waals surface area contributed by atoms with Crippen LogP contribution in [0.25, 0.3) is 0 Å². The Kier molecular flexibility index (Phi) is 5.71. The molecule has 0 aliphatic heterocycles. The molecule has 3 rings (SSSR count). The number of nitrogens with zero attached hydrogens (tertiary/aromatic N) is 1. The second-order valence-corrected chi connectivity index (χ2v) is 9.30. The Hall–Kier alpha value is -3.51. The molecule has 156 valence electrons. The maximum atomic E-state index is 12.9. The van der Waals surface area contributed by atoms with Gasteiger partial charge in [-0.15, -0.1) is 0 Å². The molecule has 0 atom stereocenters. The molecular formula is C18H14FN3O6S2. The number of benzene rings is 3. The standard InChI is InChI=1S/C18H14FN3O6S2/c19-13-5-7-14(8-6-13)20-29(25,26)16-11-9-15(10-12-16)21-30(27,28)18-4-2-1-3-17(18)22(23)24/h1-12,20-21H. The number of para-hydroxylation sites is 1.